The number of carbonyl (C=O) groups is 1. The summed E-state index contributed by atoms with van der Waals surface area (Å²) in [6, 6.07) is 15.2. The largest absolute Gasteiger partial charge is 0.493 e. The molecule has 1 aliphatic rings. The molecular formula is C24H28N2O4. The van der Waals surface area contributed by atoms with Gasteiger partial charge in [-0.2, -0.15) is 5.26 Å². The molecule has 0 aliphatic carbocycles. The van der Waals surface area contributed by atoms with Crippen molar-refractivity contribution in [1.29, 1.82) is 5.26 Å². The summed E-state index contributed by atoms with van der Waals surface area (Å²) >= 11 is 0. The molecule has 0 fully saturated rings. The number of hydrogen-bond donors (Lipinski definition) is 0. The molecule has 0 saturated heterocycles. The van der Waals surface area contributed by atoms with E-state index in [2.05, 4.69) is 26.8 Å². The van der Waals surface area contributed by atoms with Crippen molar-refractivity contribution in [3.63, 3.8) is 0 Å². The number of rotatable bonds is 5. The fourth-order valence-electron chi connectivity index (χ4n) is 3.85. The van der Waals surface area contributed by atoms with Gasteiger partial charge in [-0.05, 0) is 17.5 Å². The monoisotopic (exact) mass is 408 g/mol. The standard InChI is InChI=1S/C24H28N2O4/c1-23(2,3)16-26-19-11-7-6-9-17(19)15-30-24(13-14-25,22(26)27)18-10-8-12-20(28-4)21(18)29-5/h6-12H,13,15-16H2,1-5H3. The molecule has 0 saturated carbocycles. The van der Waals surface area contributed by atoms with Crippen LogP contribution in [0, 0.1) is 16.7 Å². The first-order chi connectivity index (χ1) is 14.3. The second kappa shape index (κ2) is 8.37. The summed E-state index contributed by atoms with van der Waals surface area (Å²) in [5.74, 6) is 0.591. The molecule has 0 bridgehead atoms. The van der Waals surface area contributed by atoms with Crippen LogP contribution in [0.15, 0.2) is 42.5 Å². The van der Waals surface area contributed by atoms with E-state index >= 15 is 0 Å². The highest BCUT2D eigenvalue weighted by molar-refractivity contribution is 6.02. The molecule has 3 rings (SSSR count). The Balaban J connectivity index is 2.26. The number of nitriles is 1. The number of hydrogen-bond acceptors (Lipinski definition) is 5. The molecule has 1 heterocycles. The van der Waals surface area contributed by atoms with E-state index in [1.165, 1.54) is 14.2 Å². The van der Waals surface area contributed by atoms with E-state index in [9.17, 15) is 10.1 Å². The molecule has 158 valence electrons. The minimum atomic E-state index is -1.51. The summed E-state index contributed by atoms with van der Waals surface area (Å²) in [5.41, 5.74) is 0.515. The first-order valence-electron chi connectivity index (χ1n) is 9.89. The van der Waals surface area contributed by atoms with Crippen molar-refractivity contribution in [1.82, 2.24) is 0 Å². The van der Waals surface area contributed by atoms with E-state index in [0.29, 0.717) is 23.6 Å². The van der Waals surface area contributed by atoms with Crippen LogP contribution >= 0.6 is 0 Å². The molecule has 30 heavy (non-hydrogen) atoms. The zero-order chi connectivity index (χ0) is 21.9. The predicted molar refractivity (Wildman–Crippen MR) is 114 cm³/mol. The summed E-state index contributed by atoms with van der Waals surface area (Å²) in [4.78, 5) is 15.9. The molecule has 1 aliphatic heterocycles. The first-order valence-corrected chi connectivity index (χ1v) is 9.89. The molecular weight excluding hydrogens is 380 g/mol. The van der Waals surface area contributed by atoms with E-state index in [1.54, 1.807) is 23.1 Å². The van der Waals surface area contributed by atoms with E-state index in [4.69, 9.17) is 14.2 Å². The highest BCUT2D eigenvalue weighted by Crippen LogP contribution is 2.45. The van der Waals surface area contributed by atoms with Gasteiger partial charge in [-0.25, -0.2) is 0 Å². The van der Waals surface area contributed by atoms with Gasteiger partial charge in [0, 0.05) is 23.4 Å². The Kier molecular flexibility index (Phi) is 6.04. The van der Waals surface area contributed by atoms with E-state index < -0.39 is 5.60 Å². The van der Waals surface area contributed by atoms with Crippen LogP contribution in [0.3, 0.4) is 0 Å². The predicted octanol–water partition coefficient (Wildman–Crippen LogP) is 4.42. The second-order valence-electron chi connectivity index (χ2n) is 8.57. The van der Waals surface area contributed by atoms with Gasteiger partial charge in [-0.15, -0.1) is 0 Å². The maximum absolute atomic E-state index is 14.1. The Labute approximate surface area is 178 Å². The lowest BCUT2D eigenvalue weighted by molar-refractivity contribution is -0.147. The molecule has 6 heteroatoms. The lowest BCUT2D eigenvalue weighted by Gasteiger charge is -2.37. The summed E-state index contributed by atoms with van der Waals surface area (Å²) in [6.07, 6.45) is -0.149. The van der Waals surface area contributed by atoms with Crippen molar-refractivity contribution in [3.05, 3.63) is 53.6 Å². The van der Waals surface area contributed by atoms with Crippen LogP contribution in [0.5, 0.6) is 11.5 Å². The van der Waals surface area contributed by atoms with Crippen molar-refractivity contribution >= 4 is 11.6 Å². The van der Waals surface area contributed by atoms with Gasteiger partial charge in [-0.3, -0.25) is 4.79 Å². The maximum atomic E-state index is 14.1. The maximum Gasteiger partial charge on any atom is 0.265 e. The number of amides is 1. The Morgan fingerprint density at radius 2 is 1.87 bits per heavy atom. The highest BCUT2D eigenvalue weighted by atomic mass is 16.5. The number of anilines is 1. The lowest BCUT2D eigenvalue weighted by atomic mass is 9.86. The fourth-order valence-corrected chi connectivity index (χ4v) is 3.85. The van der Waals surface area contributed by atoms with E-state index in [0.717, 1.165) is 11.3 Å². The van der Waals surface area contributed by atoms with Gasteiger partial charge in [0.25, 0.3) is 5.91 Å². The molecule has 1 unspecified atom stereocenters. The van der Waals surface area contributed by atoms with Crippen LogP contribution in [0.2, 0.25) is 0 Å². The van der Waals surface area contributed by atoms with Gasteiger partial charge in [0.15, 0.2) is 17.1 Å². The topological polar surface area (TPSA) is 71.8 Å². The zero-order valence-electron chi connectivity index (χ0n) is 18.2. The van der Waals surface area contributed by atoms with Gasteiger partial charge in [-0.1, -0.05) is 51.1 Å². The highest BCUT2D eigenvalue weighted by Gasteiger charge is 2.49. The number of carbonyl (C=O) groups excluding carboxylic acids is 1. The lowest BCUT2D eigenvalue weighted by Crippen LogP contribution is -2.50. The Bertz CT molecular complexity index is 974. The molecule has 0 N–H and O–H groups in total. The average molecular weight is 408 g/mol. The van der Waals surface area contributed by atoms with Crippen LogP contribution in [0.1, 0.15) is 38.3 Å². The molecule has 0 radical (unpaired) electrons. The summed E-state index contributed by atoms with van der Waals surface area (Å²) in [7, 11) is 3.06. The van der Waals surface area contributed by atoms with E-state index in [-0.39, 0.29) is 24.3 Å². The van der Waals surface area contributed by atoms with Gasteiger partial charge in [0.2, 0.25) is 0 Å². The molecule has 2 aromatic carbocycles. The summed E-state index contributed by atoms with van der Waals surface area (Å²) < 4.78 is 17.3. The quantitative estimate of drug-likeness (QED) is 0.732. The number of ether oxygens (including phenoxy) is 3. The van der Waals surface area contributed by atoms with Crippen molar-refractivity contribution < 1.29 is 19.0 Å². The Morgan fingerprint density at radius 3 is 2.50 bits per heavy atom. The smallest absolute Gasteiger partial charge is 0.265 e. The number of benzene rings is 2. The molecule has 2 aromatic rings. The van der Waals surface area contributed by atoms with Gasteiger partial charge >= 0.3 is 0 Å². The summed E-state index contributed by atoms with van der Waals surface area (Å²) in [5, 5.41) is 9.71. The number of fused-ring (bicyclic) bond motifs is 1. The molecule has 1 amide bonds. The fraction of sp³-hybridized carbons (Fsp3) is 0.417. The van der Waals surface area contributed by atoms with Crippen molar-refractivity contribution in [2.75, 3.05) is 25.7 Å². The van der Waals surface area contributed by atoms with Crippen LogP contribution in [-0.2, 0) is 21.7 Å². The van der Waals surface area contributed by atoms with Crippen LogP contribution in [0.4, 0.5) is 5.69 Å². The molecule has 0 spiro atoms. The van der Waals surface area contributed by atoms with Crippen molar-refractivity contribution in [2.24, 2.45) is 5.41 Å². The minimum Gasteiger partial charge on any atom is -0.493 e. The summed E-state index contributed by atoms with van der Waals surface area (Å²) in [6.45, 7) is 6.91. The first kappa shape index (κ1) is 21.7. The third kappa shape index (κ3) is 3.86. The Morgan fingerprint density at radius 1 is 1.13 bits per heavy atom. The zero-order valence-corrected chi connectivity index (χ0v) is 18.2. The Hall–Kier alpha value is -3.04. The van der Waals surface area contributed by atoms with Gasteiger partial charge in [0.05, 0.1) is 33.3 Å². The SMILES string of the molecule is COc1cccc(C2(CC#N)OCc3ccccc3N(CC(C)(C)C)C2=O)c1OC. The van der Waals surface area contributed by atoms with Crippen molar-refractivity contribution in [2.45, 2.75) is 39.4 Å². The second-order valence-corrected chi connectivity index (χ2v) is 8.57. The average Bonchev–Trinajstić information content (AvgIpc) is 2.83. The van der Waals surface area contributed by atoms with Crippen LogP contribution in [0.25, 0.3) is 0 Å². The van der Waals surface area contributed by atoms with Crippen LogP contribution < -0.4 is 14.4 Å². The number of para-hydroxylation sites is 2. The van der Waals surface area contributed by atoms with Crippen LogP contribution in [-0.4, -0.2) is 26.7 Å². The van der Waals surface area contributed by atoms with Crippen molar-refractivity contribution in [3.8, 4) is 17.6 Å². The third-order valence-corrected chi connectivity index (χ3v) is 5.15. The number of methoxy groups -OCH3 is 2. The molecule has 1 atom stereocenters. The molecule has 6 nitrogen and oxygen atoms in total. The van der Waals surface area contributed by atoms with Gasteiger partial charge < -0.3 is 19.1 Å². The number of nitrogens with zero attached hydrogens (tertiary/aromatic N) is 2. The van der Waals surface area contributed by atoms with Gasteiger partial charge in [0.1, 0.15) is 0 Å². The normalized spacial score (nSPS) is 18.9. The van der Waals surface area contributed by atoms with E-state index in [1.807, 2.05) is 24.3 Å². The minimum absolute atomic E-state index is 0.149. The third-order valence-electron chi connectivity index (χ3n) is 5.15. The molecule has 0 aromatic heterocycles.